The van der Waals surface area contributed by atoms with Crippen LogP contribution >= 0.6 is 0 Å². The number of aryl methyl sites for hydroxylation is 3. The quantitative estimate of drug-likeness (QED) is 0.577. The van der Waals surface area contributed by atoms with Gasteiger partial charge in [0.25, 0.3) is 5.56 Å². The third kappa shape index (κ3) is 5.55. The van der Waals surface area contributed by atoms with Gasteiger partial charge in [-0.2, -0.15) is 5.10 Å². The average molecular weight is 447 g/mol. The van der Waals surface area contributed by atoms with Crippen LogP contribution in [0.1, 0.15) is 43.5 Å². The maximum Gasteiger partial charge on any atom is 0.291 e. The number of hydrogen-bond acceptors (Lipinski definition) is 4. The molecular formula is C26H30N4O3. The van der Waals surface area contributed by atoms with Crippen molar-refractivity contribution in [3.8, 4) is 11.3 Å². The molecule has 0 aliphatic carbocycles. The Labute approximate surface area is 193 Å². The van der Waals surface area contributed by atoms with Gasteiger partial charge in [0.15, 0.2) is 0 Å². The number of rotatable bonds is 6. The largest absolute Gasteiger partial charge is 0.324 e. The molecule has 0 unspecified atom stereocenters. The molecule has 7 heteroatoms. The maximum atomic E-state index is 13.2. The first-order valence-electron chi connectivity index (χ1n) is 11.0. The van der Waals surface area contributed by atoms with Crippen molar-refractivity contribution >= 4 is 23.2 Å². The number of hydrogen-bond donors (Lipinski definition) is 2. The molecule has 0 spiro atoms. The van der Waals surface area contributed by atoms with E-state index in [4.69, 9.17) is 0 Å². The minimum atomic E-state index is -0.904. The van der Waals surface area contributed by atoms with Crippen molar-refractivity contribution in [2.24, 2.45) is 5.92 Å². The van der Waals surface area contributed by atoms with Crippen LogP contribution in [0.3, 0.4) is 0 Å². The molecule has 0 radical (unpaired) electrons. The van der Waals surface area contributed by atoms with Crippen LogP contribution in [0.2, 0.25) is 0 Å². The molecule has 0 saturated heterocycles. The van der Waals surface area contributed by atoms with E-state index in [0.717, 1.165) is 26.9 Å². The first kappa shape index (κ1) is 23.9. The van der Waals surface area contributed by atoms with E-state index >= 15 is 0 Å². The summed E-state index contributed by atoms with van der Waals surface area (Å²) in [6.45, 7) is 11.0. The molecule has 3 aromatic rings. The standard InChI is InChI=1S/C26H30N4O3/c1-15(2)24(31)28-23-14-22(20-10-7-16(3)8-11-20)29-30(26(23)33)19(6)25(32)27-21-12-9-17(4)13-18(21)5/h7-15,19H,1-6H3,(H,27,32)(H,28,31)/t19-/m0/s1. The van der Waals surface area contributed by atoms with Crippen LogP contribution in [-0.2, 0) is 9.59 Å². The molecule has 0 fully saturated rings. The number of amides is 2. The molecule has 0 aliphatic heterocycles. The maximum absolute atomic E-state index is 13.2. The molecule has 2 N–H and O–H groups in total. The van der Waals surface area contributed by atoms with Gasteiger partial charge in [0.1, 0.15) is 11.7 Å². The van der Waals surface area contributed by atoms with E-state index in [9.17, 15) is 14.4 Å². The van der Waals surface area contributed by atoms with Crippen LogP contribution in [0.25, 0.3) is 11.3 Å². The van der Waals surface area contributed by atoms with Gasteiger partial charge in [0, 0.05) is 17.2 Å². The summed E-state index contributed by atoms with van der Waals surface area (Å²) < 4.78 is 1.13. The number of carbonyl (C=O) groups excluding carboxylic acids is 2. The van der Waals surface area contributed by atoms with Gasteiger partial charge in [-0.3, -0.25) is 14.4 Å². The molecule has 7 nitrogen and oxygen atoms in total. The van der Waals surface area contributed by atoms with Crippen LogP contribution < -0.4 is 16.2 Å². The Kier molecular flexibility index (Phi) is 7.11. The summed E-state index contributed by atoms with van der Waals surface area (Å²) in [7, 11) is 0. The lowest BCUT2D eigenvalue weighted by Gasteiger charge is -2.18. The van der Waals surface area contributed by atoms with Gasteiger partial charge in [-0.05, 0) is 45.4 Å². The van der Waals surface area contributed by atoms with Crippen LogP contribution in [0.4, 0.5) is 11.4 Å². The predicted molar refractivity (Wildman–Crippen MR) is 131 cm³/mol. The van der Waals surface area contributed by atoms with Crippen molar-refractivity contribution in [1.82, 2.24) is 9.78 Å². The fraction of sp³-hybridized carbons (Fsp3) is 0.308. The third-order valence-corrected chi connectivity index (χ3v) is 5.45. The van der Waals surface area contributed by atoms with Crippen molar-refractivity contribution in [2.45, 2.75) is 47.6 Å². The molecule has 1 heterocycles. The highest BCUT2D eigenvalue weighted by molar-refractivity contribution is 5.95. The fourth-order valence-corrected chi connectivity index (χ4v) is 3.31. The van der Waals surface area contributed by atoms with Crippen molar-refractivity contribution in [1.29, 1.82) is 0 Å². The van der Waals surface area contributed by atoms with Gasteiger partial charge in [0.2, 0.25) is 11.8 Å². The van der Waals surface area contributed by atoms with Crippen molar-refractivity contribution < 1.29 is 9.59 Å². The number of anilines is 2. The summed E-state index contributed by atoms with van der Waals surface area (Å²) in [6.07, 6.45) is 0. The minimum Gasteiger partial charge on any atom is -0.324 e. The van der Waals surface area contributed by atoms with Crippen LogP contribution in [-0.4, -0.2) is 21.6 Å². The molecule has 1 aromatic heterocycles. The van der Waals surface area contributed by atoms with Gasteiger partial charge >= 0.3 is 0 Å². The number of aromatic nitrogens is 2. The van der Waals surface area contributed by atoms with Crippen LogP contribution in [0, 0.1) is 26.7 Å². The summed E-state index contributed by atoms with van der Waals surface area (Å²) in [6, 6.07) is 14.0. The molecule has 0 bridgehead atoms. The molecular weight excluding hydrogens is 416 g/mol. The summed E-state index contributed by atoms with van der Waals surface area (Å²) in [5.41, 5.74) is 4.59. The molecule has 33 heavy (non-hydrogen) atoms. The zero-order valence-corrected chi connectivity index (χ0v) is 19.9. The van der Waals surface area contributed by atoms with Crippen LogP contribution in [0.5, 0.6) is 0 Å². The number of nitrogens with one attached hydrogen (secondary N) is 2. The smallest absolute Gasteiger partial charge is 0.291 e. The van der Waals surface area contributed by atoms with E-state index in [-0.39, 0.29) is 23.4 Å². The van der Waals surface area contributed by atoms with Gasteiger partial charge < -0.3 is 10.6 Å². The van der Waals surface area contributed by atoms with Crippen molar-refractivity contribution in [2.75, 3.05) is 10.6 Å². The molecule has 2 amide bonds. The second kappa shape index (κ2) is 9.81. The van der Waals surface area contributed by atoms with Gasteiger partial charge in [-0.1, -0.05) is 61.4 Å². The zero-order chi connectivity index (χ0) is 24.3. The highest BCUT2D eigenvalue weighted by atomic mass is 16.2. The SMILES string of the molecule is Cc1ccc(-c2cc(NC(=O)C(C)C)c(=O)n([C@@H](C)C(=O)Nc3ccc(C)cc3C)n2)cc1. The zero-order valence-electron chi connectivity index (χ0n) is 19.9. The first-order chi connectivity index (χ1) is 15.6. The first-order valence-corrected chi connectivity index (χ1v) is 11.0. The summed E-state index contributed by atoms with van der Waals surface area (Å²) in [5.74, 6) is -0.968. The van der Waals surface area contributed by atoms with Gasteiger partial charge in [0.05, 0.1) is 5.69 Å². The highest BCUT2D eigenvalue weighted by Gasteiger charge is 2.22. The van der Waals surface area contributed by atoms with Crippen molar-refractivity contribution in [3.63, 3.8) is 0 Å². The summed E-state index contributed by atoms with van der Waals surface area (Å²) in [5, 5.41) is 10.0. The van der Waals surface area contributed by atoms with Gasteiger partial charge in [-0.15, -0.1) is 0 Å². The Bertz CT molecular complexity index is 1240. The monoisotopic (exact) mass is 446 g/mol. The third-order valence-electron chi connectivity index (χ3n) is 5.45. The van der Waals surface area contributed by atoms with Crippen LogP contribution in [0.15, 0.2) is 53.3 Å². The minimum absolute atomic E-state index is 0.0884. The number of carbonyl (C=O) groups is 2. The molecule has 0 saturated carbocycles. The van der Waals surface area contributed by atoms with E-state index in [1.807, 2.05) is 63.2 Å². The summed E-state index contributed by atoms with van der Waals surface area (Å²) in [4.78, 5) is 38.5. The Morgan fingerprint density at radius 2 is 1.42 bits per heavy atom. The molecule has 3 rings (SSSR count). The normalized spacial score (nSPS) is 11.8. The topological polar surface area (TPSA) is 93.1 Å². The Morgan fingerprint density at radius 3 is 2.03 bits per heavy atom. The van der Waals surface area contributed by atoms with Crippen molar-refractivity contribution in [3.05, 3.63) is 75.6 Å². The molecule has 1 atom stereocenters. The Balaban J connectivity index is 2.03. The second-order valence-corrected chi connectivity index (χ2v) is 8.69. The Hall–Kier alpha value is -3.74. The number of benzene rings is 2. The lowest BCUT2D eigenvalue weighted by Crippen LogP contribution is -2.36. The molecule has 0 aliphatic rings. The average Bonchev–Trinajstić information content (AvgIpc) is 2.77. The number of nitrogens with zero attached hydrogens (tertiary/aromatic N) is 2. The molecule has 172 valence electrons. The Morgan fingerprint density at radius 1 is 0.818 bits per heavy atom. The van der Waals surface area contributed by atoms with E-state index in [0.29, 0.717) is 11.4 Å². The lowest BCUT2D eigenvalue weighted by atomic mass is 10.1. The van der Waals surface area contributed by atoms with E-state index in [1.165, 1.54) is 0 Å². The highest BCUT2D eigenvalue weighted by Crippen LogP contribution is 2.22. The van der Waals surface area contributed by atoms with E-state index in [2.05, 4.69) is 15.7 Å². The van der Waals surface area contributed by atoms with E-state index < -0.39 is 11.6 Å². The second-order valence-electron chi connectivity index (χ2n) is 8.69. The van der Waals surface area contributed by atoms with Gasteiger partial charge in [-0.25, -0.2) is 4.68 Å². The summed E-state index contributed by atoms with van der Waals surface area (Å²) >= 11 is 0. The fourth-order valence-electron chi connectivity index (χ4n) is 3.31. The lowest BCUT2D eigenvalue weighted by molar-refractivity contribution is -0.119. The molecule has 2 aromatic carbocycles. The van der Waals surface area contributed by atoms with E-state index in [1.54, 1.807) is 26.8 Å². The predicted octanol–water partition coefficient (Wildman–Crippen LogP) is 4.63.